The Bertz CT molecular complexity index is 113. The highest BCUT2D eigenvalue weighted by molar-refractivity contribution is 6.94. The smallest absolute Gasteiger partial charge is 0.0973 e. The summed E-state index contributed by atoms with van der Waals surface area (Å²) in [5.74, 6) is 0. The van der Waals surface area contributed by atoms with Crippen molar-refractivity contribution in [2.75, 3.05) is 0 Å². The lowest BCUT2D eigenvalue weighted by atomic mass is 9.51. The SMILES string of the molecule is BBC1=CCC=C1. The molecule has 0 heterocycles. The van der Waals surface area contributed by atoms with Gasteiger partial charge in [-0.25, -0.2) is 0 Å². The topological polar surface area (TPSA) is 0 Å². The van der Waals surface area contributed by atoms with E-state index in [9.17, 15) is 0 Å². The second kappa shape index (κ2) is 2.06. The monoisotopic (exact) mass is 90.1 g/mol. The summed E-state index contributed by atoms with van der Waals surface area (Å²) in [4.78, 5) is 0. The molecule has 0 nitrogen and oxygen atoms in total. The third kappa shape index (κ3) is 0.986. The van der Waals surface area contributed by atoms with Gasteiger partial charge in [-0.05, 0) is 6.42 Å². The van der Waals surface area contributed by atoms with Crippen LogP contribution in [-0.4, -0.2) is 14.9 Å². The molecule has 0 N–H and O–H groups in total. The molecule has 0 atom stereocenters. The molecule has 0 unspecified atom stereocenters. The minimum absolute atomic E-state index is 1.16. The third-order valence-corrected chi connectivity index (χ3v) is 1.26. The van der Waals surface area contributed by atoms with Crippen molar-refractivity contribution >= 4 is 14.9 Å². The van der Waals surface area contributed by atoms with Gasteiger partial charge in [0.25, 0.3) is 0 Å². The lowest BCUT2D eigenvalue weighted by Crippen LogP contribution is -1.88. The summed E-state index contributed by atoms with van der Waals surface area (Å²) in [5, 5.41) is 0. The summed E-state index contributed by atoms with van der Waals surface area (Å²) in [5.41, 5.74) is 1.49. The zero-order chi connectivity index (χ0) is 5.11. The minimum Gasteiger partial charge on any atom is -0.0973 e. The van der Waals surface area contributed by atoms with Crippen LogP contribution in [0.15, 0.2) is 23.7 Å². The average Bonchev–Trinajstić information content (AvgIpc) is 2.14. The van der Waals surface area contributed by atoms with Crippen LogP contribution in [0.4, 0.5) is 0 Å². The van der Waals surface area contributed by atoms with Crippen molar-refractivity contribution in [3.8, 4) is 0 Å². The molecule has 1 aliphatic carbocycles. The van der Waals surface area contributed by atoms with Crippen LogP contribution < -0.4 is 0 Å². The van der Waals surface area contributed by atoms with Gasteiger partial charge in [0.2, 0.25) is 0 Å². The Labute approximate surface area is 45.9 Å². The first-order chi connectivity index (χ1) is 3.43. The highest BCUT2D eigenvalue weighted by Gasteiger charge is 1.91. The third-order valence-electron chi connectivity index (χ3n) is 1.26. The molecule has 0 spiro atoms. The Morgan fingerprint density at radius 2 is 2.57 bits per heavy atom. The van der Waals surface area contributed by atoms with E-state index >= 15 is 0 Å². The lowest BCUT2D eigenvalue weighted by Gasteiger charge is -1.82. The van der Waals surface area contributed by atoms with Gasteiger partial charge in [0, 0.05) is 0 Å². The van der Waals surface area contributed by atoms with E-state index in [1.807, 2.05) is 0 Å². The Morgan fingerprint density at radius 3 is 2.86 bits per heavy atom. The predicted molar refractivity (Wildman–Crippen MR) is 37.5 cm³/mol. The van der Waals surface area contributed by atoms with Crippen LogP contribution in [0.2, 0.25) is 0 Å². The maximum atomic E-state index is 2.26. The van der Waals surface area contributed by atoms with E-state index < -0.39 is 0 Å². The van der Waals surface area contributed by atoms with Gasteiger partial charge in [0.05, 0.1) is 7.74 Å². The van der Waals surface area contributed by atoms with Crippen molar-refractivity contribution in [1.29, 1.82) is 0 Å². The molecule has 34 valence electrons. The summed E-state index contributed by atoms with van der Waals surface area (Å²) in [6, 6.07) is 0. The first-order valence-electron chi connectivity index (χ1n) is 2.79. The Hall–Kier alpha value is -0.390. The minimum atomic E-state index is 1.16. The molecule has 1 aliphatic rings. The number of allylic oxidation sites excluding steroid dienone is 4. The van der Waals surface area contributed by atoms with Crippen LogP contribution in [0.1, 0.15) is 6.42 Å². The molecule has 7 heavy (non-hydrogen) atoms. The van der Waals surface area contributed by atoms with Gasteiger partial charge in [-0.15, -0.1) is 0 Å². The summed E-state index contributed by atoms with van der Waals surface area (Å²) in [7, 11) is 3.37. The molecule has 0 bridgehead atoms. The molecule has 0 aromatic carbocycles. The Morgan fingerprint density at radius 1 is 1.71 bits per heavy atom. The van der Waals surface area contributed by atoms with E-state index in [0.29, 0.717) is 0 Å². The van der Waals surface area contributed by atoms with Gasteiger partial charge in [-0.3, -0.25) is 0 Å². The van der Waals surface area contributed by atoms with Crippen LogP contribution in [0.25, 0.3) is 0 Å². The summed E-state index contributed by atoms with van der Waals surface area (Å²) in [6.45, 7) is 0. The molecule has 0 aliphatic heterocycles. The maximum Gasteiger partial charge on any atom is 0.118 e. The van der Waals surface area contributed by atoms with E-state index in [1.54, 1.807) is 0 Å². The molecule has 1 rings (SSSR count). The molecular formula is C5H8B2. The second-order valence-electron chi connectivity index (χ2n) is 1.77. The lowest BCUT2D eigenvalue weighted by molar-refractivity contribution is 1.45. The molecule has 0 aromatic heterocycles. The fourth-order valence-corrected chi connectivity index (χ4v) is 0.769. The standard InChI is InChI=1S/C5H8B2/c6-7-5-3-1-2-4-5/h1,3-4,7H,2,6H2. The van der Waals surface area contributed by atoms with Crippen molar-refractivity contribution in [2.24, 2.45) is 0 Å². The van der Waals surface area contributed by atoms with Gasteiger partial charge >= 0.3 is 0 Å². The van der Waals surface area contributed by atoms with E-state index in [-0.39, 0.29) is 0 Å². The van der Waals surface area contributed by atoms with E-state index in [2.05, 4.69) is 26.0 Å². The molecule has 0 aromatic rings. The van der Waals surface area contributed by atoms with Gasteiger partial charge < -0.3 is 0 Å². The highest BCUT2D eigenvalue weighted by Crippen LogP contribution is 2.04. The molecule has 2 heteroatoms. The number of rotatable bonds is 1. The number of hydrogen-bond donors (Lipinski definition) is 0. The van der Waals surface area contributed by atoms with Crippen molar-refractivity contribution < 1.29 is 0 Å². The summed E-state index contributed by atoms with van der Waals surface area (Å²) < 4.78 is 0. The van der Waals surface area contributed by atoms with Gasteiger partial charge in [0.1, 0.15) is 7.17 Å². The fourth-order valence-electron chi connectivity index (χ4n) is 0.769. The van der Waals surface area contributed by atoms with Crippen LogP contribution in [0.3, 0.4) is 0 Å². The summed E-state index contributed by atoms with van der Waals surface area (Å²) >= 11 is 0. The molecule has 0 saturated carbocycles. The first kappa shape index (κ1) is 4.76. The van der Waals surface area contributed by atoms with E-state index in [4.69, 9.17) is 0 Å². The van der Waals surface area contributed by atoms with E-state index in [1.165, 1.54) is 12.6 Å². The zero-order valence-corrected chi connectivity index (χ0v) is 4.65. The molecule has 0 saturated heterocycles. The van der Waals surface area contributed by atoms with Crippen molar-refractivity contribution in [3.05, 3.63) is 23.7 Å². The Balaban J connectivity index is 2.52. The van der Waals surface area contributed by atoms with Crippen LogP contribution in [0.5, 0.6) is 0 Å². The average molecular weight is 89.7 g/mol. The molecular weight excluding hydrogens is 81.7 g/mol. The van der Waals surface area contributed by atoms with Gasteiger partial charge in [0.15, 0.2) is 0 Å². The van der Waals surface area contributed by atoms with Crippen molar-refractivity contribution in [1.82, 2.24) is 0 Å². The van der Waals surface area contributed by atoms with Crippen molar-refractivity contribution in [2.45, 2.75) is 6.42 Å². The van der Waals surface area contributed by atoms with Gasteiger partial charge in [-0.2, -0.15) is 0 Å². The van der Waals surface area contributed by atoms with Crippen LogP contribution in [-0.2, 0) is 0 Å². The maximum absolute atomic E-state index is 2.26. The number of hydrogen-bond acceptors (Lipinski definition) is 0. The van der Waals surface area contributed by atoms with Crippen molar-refractivity contribution in [3.63, 3.8) is 0 Å². The Kier molecular flexibility index (Phi) is 1.40. The van der Waals surface area contributed by atoms with Crippen LogP contribution >= 0.6 is 0 Å². The van der Waals surface area contributed by atoms with Crippen LogP contribution in [0, 0.1) is 0 Å². The molecule has 0 amide bonds. The fraction of sp³-hybridized carbons (Fsp3) is 0.200. The first-order valence-corrected chi connectivity index (χ1v) is 2.79. The zero-order valence-electron chi connectivity index (χ0n) is 4.65. The van der Waals surface area contributed by atoms with Gasteiger partial charge in [-0.1, -0.05) is 23.7 Å². The largest absolute Gasteiger partial charge is 0.118 e. The molecule has 0 fully saturated rings. The predicted octanol–water partition coefficient (Wildman–Crippen LogP) is -0.185. The highest BCUT2D eigenvalue weighted by atomic mass is 13.9. The molecule has 0 radical (unpaired) electrons. The van der Waals surface area contributed by atoms with E-state index in [0.717, 1.165) is 6.42 Å². The second-order valence-corrected chi connectivity index (χ2v) is 1.77. The quantitative estimate of drug-likeness (QED) is 0.391. The normalized spacial score (nSPS) is 16.9. The summed E-state index contributed by atoms with van der Waals surface area (Å²) in [6.07, 6.45) is 7.81.